The van der Waals surface area contributed by atoms with Gasteiger partial charge in [-0.1, -0.05) is 18.2 Å². The summed E-state index contributed by atoms with van der Waals surface area (Å²) in [5, 5.41) is 12.4. The summed E-state index contributed by atoms with van der Waals surface area (Å²) in [7, 11) is 0. The molecule has 0 unspecified atom stereocenters. The van der Waals surface area contributed by atoms with Gasteiger partial charge in [-0.15, -0.1) is 0 Å². The predicted molar refractivity (Wildman–Crippen MR) is 112 cm³/mol. The van der Waals surface area contributed by atoms with Gasteiger partial charge >= 0.3 is 0 Å². The molecule has 4 rings (SSSR count). The molecule has 0 radical (unpaired) electrons. The van der Waals surface area contributed by atoms with Crippen LogP contribution in [0.1, 0.15) is 15.9 Å². The van der Waals surface area contributed by atoms with Crippen molar-refractivity contribution in [3.05, 3.63) is 89.9 Å². The minimum atomic E-state index is -0.622. The van der Waals surface area contributed by atoms with E-state index in [4.69, 9.17) is 5.21 Å². The van der Waals surface area contributed by atoms with E-state index < -0.39 is 5.91 Å². The minimum absolute atomic E-state index is 0.158. The summed E-state index contributed by atoms with van der Waals surface area (Å²) >= 11 is 0. The van der Waals surface area contributed by atoms with Gasteiger partial charge in [0.15, 0.2) is 0 Å². The smallest absolute Gasteiger partial charge is 0.274 e. The normalized spacial score (nSPS) is 10.7. The fourth-order valence-electron chi connectivity index (χ4n) is 3.29. The van der Waals surface area contributed by atoms with E-state index in [1.807, 2.05) is 18.2 Å². The van der Waals surface area contributed by atoms with Gasteiger partial charge in [-0.25, -0.2) is 9.87 Å². The zero-order chi connectivity index (χ0) is 21.1. The Morgan fingerprint density at radius 1 is 0.933 bits per heavy atom. The first-order valence-electron chi connectivity index (χ1n) is 9.24. The topological polar surface area (TPSA) is 94.2 Å². The summed E-state index contributed by atoms with van der Waals surface area (Å²) < 4.78 is 13.2. The quantitative estimate of drug-likeness (QED) is 0.296. The maximum atomic E-state index is 13.2. The highest BCUT2D eigenvalue weighted by Crippen LogP contribution is 2.27. The third-order valence-electron chi connectivity index (χ3n) is 4.83. The lowest BCUT2D eigenvalue weighted by Gasteiger charge is -2.07. The number of carbonyl (C=O) groups excluding carboxylic acids is 2. The van der Waals surface area contributed by atoms with Crippen molar-refractivity contribution < 1.29 is 19.2 Å². The highest BCUT2D eigenvalue weighted by Gasteiger charge is 2.11. The van der Waals surface area contributed by atoms with E-state index >= 15 is 0 Å². The molecule has 0 bridgehead atoms. The van der Waals surface area contributed by atoms with Crippen molar-refractivity contribution in [1.29, 1.82) is 0 Å². The summed E-state index contributed by atoms with van der Waals surface area (Å²) in [6.07, 6.45) is 1.96. The zero-order valence-corrected chi connectivity index (χ0v) is 15.8. The molecular weight excluding hydrogens is 385 g/mol. The molecule has 4 aromatic rings. The molecule has 3 aromatic carbocycles. The number of rotatable bonds is 5. The van der Waals surface area contributed by atoms with E-state index in [1.54, 1.807) is 35.9 Å². The second-order valence-corrected chi connectivity index (χ2v) is 6.82. The first-order valence-corrected chi connectivity index (χ1v) is 9.24. The third kappa shape index (κ3) is 4.06. The number of hydrogen-bond donors (Lipinski definition) is 4. The van der Waals surface area contributed by atoms with Crippen molar-refractivity contribution in [2.75, 3.05) is 5.32 Å². The van der Waals surface area contributed by atoms with Gasteiger partial charge in [0.25, 0.3) is 5.91 Å². The van der Waals surface area contributed by atoms with Crippen molar-refractivity contribution in [1.82, 2.24) is 10.5 Å². The Morgan fingerprint density at radius 2 is 1.63 bits per heavy atom. The van der Waals surface area contributed by atoms with Crippen LogP contribution in [0, 0.1) is 5.82 Å². The highest BCUT2D eigenvalue weighted by atomic mass is 19.1. The minimum Gasteiger partial charge on any atom is -0.361 e. The SMILES string of the molecule is O=C(Cc1c[nH]c2ccc(-c3ccc(F)cc3)cc12)Nc1ccc(C(=O)NO)cc1. The van der Waals surface area contributed by atoms with Gasteiger partial charge in [0.2, 0.25) is 5.91 Å². The van der Waals surface area contributed by atoms with Crippen LogP contribution in [0.25, 0.3) is 22.0 Å². The molecule has 6 nitrogen and oxygen atoms in total. The van der Waals surface area contributed by atoms with Gasteiger partial charge < -0.3 is 10.3 Å². The highest BCUT2D eigenvalue weighted by molar-refractivity contribution is 5.98. The number of anilines is 1. The van der Waals surface area contributed by atoms with Gasteiger partial charge in [0.05, 0.1) is 6.42 Å². The Labute approximate surface area is 171 Å². The molecule has 0 aliphatic carbocycles. The molecular formula is C23H18FN3O3. The number of amides is 2. The van der Waals surface area contributed by atoms with Gasteiger partial charge in [-0.2, -0.15) is 0 Å². The number of carbonyl (C=O) groups is 2. The lowest BCUT2D eigenvalue weighted by atomic mass is 10.0. The van der Waals surface area contributed by atoms with Crippen LogP contribution >= 0.6 is 0 Å². The maximum Gasteiger partial charge on any atom is 0.274 e. The van der Waals surface area contributed by atoms with Crippen molar-refractivity contribution >= 4 is 28.4 Å². The number of nitrogens with one attached hydrogen (secondary N) is 3. The van der Waals surface area contributed by atoms with Gasteiger partial charge in [-0.05, 0) is 65.2 Å². The van der Waals surface area contributed by atoms with Gasteiger partial charge in [0, 0.05) is 28.4 Å². The summed E-state index contributed by atoms with van der Waals surface area (Å²) in [6.45, 7) is 0. The first kappa shape index (κ1) is 19.4. The Balaban J connectivity index is 1.51. The molecule has 0 aliphatic heterocycles. The van der Waals surface area contributed by atoms with Crippen molar-refractivity contribution in [2.45, 2.75) is 6.42 Å². The summed E-state index contributed by atoms with van der Waals surface area (Å²) in [5.74, 6) is -1.12. The Hall–Kier alpha value is -3.97. The number of hydrogen-bond acceptors (Lipinski definition) is 3. The number of H-pyrrole nitrogens is 1. The van der Waals surface area contributed by atoms with Crippen LogP contribution in [0.5, 0.6) is 0 Å². The molecule has 4 N–H and O–H groups in total. The molecule has 2 amide bonds. The van der Waals surface area contributed by atoms with Gasteiger partial charge in [-0.3, -0.25) is 14.8 Å². The van der Waals surface area contributed by atoms with Gasteiger partial charge in [0.1, 0.15) is 5.82 Å². The largest absolute Gasteiger partial charge is 0.361 e. The Bertz CT molecular complexity index is 1210. The van der Waals surface area contributed by atoms with Crippen LogP contribution in [-0.4, -0.2) is 22.0 Å². The molecule has 1 heterocycles. The number of benzene rings is 3. The molecule has 30 heavy (non-hydrogen) atoms. The summed E-state index contributed by atoms with van der Waals surface area (Å²) in [5.41, 5.74) is 5.94. The molecule has 0 atom stereocenters. The number of aromatic amines is 1. The fourth-order valence-corrected chi connectivity index (χ4v) is 3.29. The second-order valence-electron chi connectivity index (χ2n) is 6.82. The van der Waals surface area contributed by atoms with E-state index in [-0.39, 0.29) is 23.7 Å². The molecule has 1 aromatic heterocycles. The summed E-state index contributed by atoms with van der Waals surface area (Å²) in [4.78, 5) is 27.0. The molecule has 0 fully saturated rings. The van der Waals surface area contributed by atoms with Crippen LogP contribution in [0.15, 0.2) is 72.9 Å². The Morgan fingerprint density at radius 3 is 2.33 bits per heavy atom. The van der Waals surface area contributed by atoms with Crippen LogP contribution < -0.4 is 10.8 Å². The van der Waals surface area contributed by atoms with Crippen LogP contribution in [-0.2, 0) is 11.2 Å². The molecule has 7 heteroatoms. The van der Waals surface area contributed by atoms with E-state index in [0.717, 1.165) is 27.6 Å². The number of fused-ring (bicyclic) bond motifs is 1. The number of halogens is 1. The van der Waals surface area contributed by atoms with Crippen molar-refractivity contribution in [3.8, 4) is 11.1 Å². The van der Waals surface area contributed by atoms with Crippen LogP contribution in [0.4, 0.5) is 10.1 Å². The maximum absolute atomic E-state index is 13.2. The predicted octanol–water partition coefficient (Wildman–Crippen LogP) is 4.27. The standard InChI is InChI=1S/C23H18FN3O3/c24-18-6-1-14(2-7-18)16-5-10-21-20(11-16)17(13-25-21)12-22(28)26-19-8-3-15(4-9-19)23(29)27-30/h1-11,13,25,30H,12H2,(H,26,28)(H,27,29). The van der Waals surface area contributed by atoms with Crippen molar-refractivity contribution in [3.63, 3.8) is 0 Å². The average Bonchev–Trinajstić information content (AvgIpc) is 3.16. The molecule has 0 spiro atoms. The number of aromatic nitrogens is 1. The average molecular weight is 403 g/mol. The second kappa shape index (κ2) is 8.18. The Kier molecular flexibility index (Phi) is 5.28. The van der Waals surface area contributed by atoms with Crippen LogP contribution in [0.2, 0.25) is 0 Å². The van der Waals surface area contributed by atoms with E-state index in [0.29, 0.717) is 5.69 Å². The lowest BCUT2D eigenvalue weighted by molar-refractivity contribution is -0.115. The van der Waals surface area contributed by atoms with E-state index in [2.05, 4.69) is 10.3 Å². The first-order chi connectivity index (χ1) is 14.5. The van der Waals surface area contributed by atoms with Crippen LogP contribution in [0.3, 0.4) is 0 Å². The van der Waals surface area contributed by atoms with E-state index in [1.165, 1.54) is 24.3 Å². The lowest BCUT2D eigenvalue weighted by Crippen LogP contribution is -2.18. The fraction of sp³-hybridized carbons (Fsp3) is 0.0435. The molecule has 150 valence electrons. The third-order valence-corrected chi connectivity index (χ3v) is 4.83. The number of hydroxylamine groups is 1. The van der Waals surface area contributed by atoms with Crippen molar-refractivity contribution in [2.24, 2.45) is 0 Å². The molecule has 0 saturated heterocycles. The zero-order valence-electron chi connectivity index (χ0n) is 15.8. The molecule has 0 aliphatic rings. The molecule has 0 saturated carbocycles. The summed E-state index contributed by atoms with van der Waals surface area (Å²) in [6, 6.07) is 18.3. The van der Waals surface area contributed by atoms with E-state index in [9.17, 15) is 14.0 Å². The monoisotopic (exact) mass is 403 g/mol.